The highest BCUT2D eigenvalue weighted by Gasteiger charge is 2.30. The maximum atomic E-state index is 12.8. The topological polar surface area (TPSA) is 128 Å². The molecule has 0 fully saturated rings. The molecule has 0 bridgehead atoms. The number of nitrogens with two attached hydrogens (primary N) is 1. The fourth-order valence-corrected chi connectivity index (χ4v) is 3.17. The summed E-state index contributed by atoms with van der Waals surface area (Å²) in [4.78, 5) is 40.7. The third-order valence-corrected chi connectivity index (χ3v) is 4.47. The van der Waals surface area contributed by atoms with Crippen molar-refractivity contribution in [3.63, 3.8) is 0 Å². The molecule has 0 aliphatic heterocycles. The summed E-state index contributed by atoms with van der Waals surface area (Å²) in [5.74, 6) is -2.91. The Morgan fingerprint density at radius 1 is 1.17 bits per heavy atom. The van der Waals surface area contributed by atoms with Crippen LogP contribution in [0.15, 0.2) is 45.2 Å². The van der Waals surface area contributed by atoms with Crippen molar-refractivity contribution >= 4 is 40.8 Å². The van der Waals surface area contributed by atoms with Gasteiger partial charge in [-0.2, -0.15) is 0 Å². The van der Waals surface area contributed by atoms with E-state index in [-0.39, 0.29) is 39.8 Å². The lowest BCUT2D eigenvalue weighted by Crippen LogP contribution is -2.47. The first-order valence-corrected chi connectivity index (χ1v) is 9.13. The number of carbonyl (C=O) groups is 3. The van der Waals surface area contributed by atoms with Crippen LogP contribution in [0.3, 0.4) is 0 Å². The number of aryl methyl sites for hydroxylation is 1. The molecule has 29 heavy (non-hydrogen) atoms. The molecule has 1 atom stereocenters. The summed E-state index contributed by atoms with van der Waals surface area (Å²) in [6.45, 7) is 1.53. The highest BCUT2D eigenvalue weighted by molar-refractivity contribution is 6.38. The molecule has 8 nitrogen and oxygen atoms in total. The molecule has 0 aliphatic carbocycles. The van der Waals surface area contributed by atoms with Crippen molar-refractivity contribution in [3.05, 3.63) is 64.1 Å². The van der Waals surface area contributed by atoms with Gasteiger partial charge in [0.15, 0.2) is 11.1 Å². The Hall–Kier alpha value is -3.10. The van der Waals surface area contributed by atoms with E-state index in [2.05, 4.69) is 10.3 Å². The number of aromatic nitrogens is 1. The molecule has 2 amide bonds. The lowest BCUT2D eigenvalue weighted by Gasteiger charge is -2.15. The number of benzene rings is 1. The van der Waals surface area contributed by atoms with Crippen molar-refractivity contribution < 1.29 is 23.2 Å². The lowest BCUT2D eigenvalue weighted by molar-refractivity contribution is -0.137. The summed E-state index contributed by atoms with van der Waals surface area (Å²) in [6.07, 6.45) is 0.0646. The second-order valence-corrected chi connectivity index (χ2v) is 6.81. The molecule has 3 aromatic rings. The maximum Gasteiger partial charge on any atom is 0.290 e. The van der Waals surface area contributed by atoms with Gasteiger partial charge >= 0.3 is 0 Å². The van der Waals surface area contributed by atoms with Gasteiger partial charge in [0.1, 0.15) is 11.7 Å². The fraction of sp³-hybridized carbons (Fsp3) is 0.158. The Morgan fingerprint density at radius 3 is 2.45 bits per heavy atom. The zero-order valence-electron chi connectivity index (χ0n) is 15.1. The Balaban J connectivity index is 1.91. The molecule has 2 aromatic heterocycles. The van der Waals surface area contributed by atoms with Crippen molar-refractivity contribution in [1.29, 1.82) is 0 Å². The monoisotopic (exact) mass is 435 g/mol. The molecule has 0 radical (unpaired) electrons. The van der Waals surface area contributed by atoms with Gasteiger partial charge < -0.3 is 19.9 Å². The number of nitrogens with one attached hydrogen (secondary N) is 1. The minimum atomic E-state index is -1.19. The summed E-state index contributed by atoms with van der Waals surface area (Å²) in [6, 6.07) is 9.04. The molecule has 1 aromatic carbocycles. The quantitative estimate of drug-likeness (QED) is 0.548. The number of ketones is 1. The summed E-state index contributed by atoms with van der Waals surface area (Å²) in [5, 5.41) is 2.41. The smallest absolute Gasteiger partial charge is 0.290 e. The number of amides is 2. The van der Waals surface area contributed by atoms with Crippen LogP contribution in [0, 0.1) is 6.92 Å². The number of primary amides is 1. The Morgan fingerprint density at radius 2 is 1.86 bits per heavy atom. The predicted octanol–water partition coefficient (Wildman–Crippen LogP) is 2.95. The number of hydrogen-bond donors (Lipinski definition) is 2. The van der Waals surface area contributed by atoms with Crippen molar-refractivity contribution in [1.82, 2.24) is 10.3 Å². The van der Waals surface area contributed by atoms with Crippen LogP contribution in [-0.4, -0.2) is 28.6 Å². The zero-order valence-corrected chi connectivity index (χ0v) is 16.6. The van der Waals surface area contributed by atoms with Crippen LogP contribution >= 0.6 is 23.2 Å². The molecular formula is C19H15Cl2N3O5. The molecule has 3 rings (SSSR count). The van der Waals surface area contributed by atoms with E-state index in [9.17, 15) is 14.4 Å². The van der Waals surface area contributed by atoms with Crippen LogP contribution in [0.1, 0.15) is 22.0 Å². The lowest BCUT2D eigenvalue weighted by atomic mass is 10.0. The van der Waals surface area contributed by atoms with E-state index in [0.29, 0.717) is 0 Å². The molecule has 1 unspecified atom stereocenters. The fourth-order valence-electron chi connectivity index (χ4n) is 2.72. The second kappa shape index (κ2) is 8.50. The minimum absolute atomic E-state index is 0.00266. The number of halogens is 2. The van der Waals surface area contributed by atoms with E-state index >= 15 is 0 Å². The first-order chi connectivity index (χ1) is 13.8. The standard InChI is InChI=1S/C19H15Cl2N3O5/c1-9-23-14(11-8-13(20)29-17(11)21)16(28-9)19(27)24-12(15(25)18(22)26)7-10-5-3-2-4-6-10/h2-6,8,12H,7H2,1H3,(H2,22,26)(H,24,27). The van der Waals surface area contributed by atoms with Gasteiger partial charge in [-0.15, -0.1) is 0 Å². The third-order valence-electron chi connectivity index (χ3n) is 4.00. The Bertz CT molecular complexity index is 1070. The first kappa shape index (κ1) is 20.6. The third kappa shape index (κ3) is 4.67. The van der Waals surface area contributed by atoms with Crippen molar-refractivity contribution in [3.8, 4) is 11.3 Å². The van der Waals surface area contributed by atoms with Gasteiger partial charge in [-0.05, 0) is 28.8 Å². The second-order valence-electron chi connectivity index (χ2n) is 6.09. The van der Waals surface area contributed by atoms with Crippen molar-refractivity contribution in [2.45, 2.75) is 19.4 Å². The van der Waals surface area contributed by atoms with Gasteiger partial charge in [-0.3, -0.25) is 14.4 Å². The van der Waals surface area contributed by atoms with Gasteiger partial charge in [0, 0.05) is 19.4 Å². The van der Waals surface area contributed by atoms with E-state index in [1.165, 1.54) is 13.0 Å². The summed E-state index contributed by atoms with van der Waals surface area (Å²) in [5.41, 5.74) is 6.20. The molecule has 150 valence electrons. The van der Waals surface area contributed by atoms with Gasteiger partial charge in [0.05, 0.1) is 5.56 Å². The SMILES string of the molecule is Cc1nc(-c2cc(Cl)oc2Cl)c(C(=O)NC(Cc2ccccc2)C(=O)C(N)=O)o1. The average Bonchev–Trinajstić information content (AvgIpc) is 3.22. The predicted molar refractivity (Wildman–Crippen MR) is 105 cm³/mol. The van der Waals surface area contributed by atoms with Gasteiger partial charge in [-0.1, -0.05) is 30.3 Å². The van der Waals surface area contributed by atoms with E-state index in [0.717, 1.165) is 5.56 Å². The average molecular weight is 436 g/mol. The van der Waals surface area contributed by atoms with E-state index < -0.39 is 23.6 Å². The zero-order chi connectivity index (χ0) is 21.1. The van der Waals surface area contributed by atoms with Crippen LogP contribution in [0.25, 0.3) is 11.3 Å². The van der Waals surface area contributed by atoms with Crippen LogP contribution in [0.2, 0.25) is 10.4 Å². The van der Waals surface area contributed by atoms with Gasteiger partial charge in [0.2, 0.25) is 16.8 Å². The maximum absolute atomic E-state index is 12.8. The Kier molecular flexibility index (Phi) is 6.05. The van der Waals surface area contributed by atoms with Crippen LogP contribution in [0.5, 0.6) is 0 Å². The molecule has 10 heteroatoms. The molecule has 2 heterocycles. The largest absolute Gasteiger partial charge is 0.435 e. The number of Topliss-reactive ketones (excluding diaryl/α,β-unsaturated/α-hetero) is 1. The van der Waals surface area contributed by atoms with Crippen LogP contribution in [0.4, 0.5) is 0 Å². The van der Waals surface area contributed by atoms with E-state index in [4.69, 9.17) is 37.8 Å². The molecule has 0 saturated carbocycles. The number of nitrogens with zero attached hydrogens (tertiary/aromatic N) is 1. The highest BCUT2D eigenvalue weighted by Crippen LogP contribution is 2.35. The number of hydrogen-bond acceptors (Lipinski definition) is 6. The molecular weight excluding hydrogens is 421 g/mol. The summed E-state index contributed by atoms with van der Waals surface area (Å²) >= 11 is 11.8. The van der Waals surface area contributed by atoms with E-state index in [1.54, 1.807) is 30.3 Å². The number of carbonyl (C=O) groups excluding carboxylic acids is 3. The molecule has 0 spiro atoms. The molecule has 0 aliphatic rings. The Labute approximate surface area is 175 Å². The number of oxazole rings is 1. The normalized spacial score (nSPS) is 11.8. The van der Waals surface area contributed by atoms with Gasteiger partial charge in [-0.25, -0.2) is 4.98 Å². The van der Waals surface area contributed by atoms with E-state index in [1.807, 2.05) is 0 Å². The minimum Gasteiger partial charge on any atom is -0.435 e. The van der Waals surface area contributed by atoms with Gasteiger partial charge in [0.25, 0.3) is 11.8 Å². The molecule has 3 N–H and O–H groups in total. The highest BCUT2D eigenvalue weighted by atomic mass is 35.5. The number of furan rings is 1. The van der Waals surface area contributed by atoms with Crippen molar-refractivity contribution in [2.24, 2.45) is 5.73 Å². The summed E-state index contributed by atoms with van der Waals surface area (Å²) in [7, 11) is 0. The summed E-state index contributed by atoms with van der Waals surface area (Å²) < 4.78 is 10.4. The first-order valence-electron chi connectivity index (χ1n) is 8.37. The van der Waals surface area contributed by atoms with Crippen LogP contribution in [-0.2, 0) is 16.0 Å². The van der Waals surface area contributed by atoms with Crippen LogP contribution < -0.4 is 11.1 Å². The molecule has 0 saturated heterocycles. The van der Waals surface area contributed by atoms with Crippen molar-refractivity contribution in [2.75, 3.05) is 0 Å². The number of rotatable bonds is 7.